The number of hydrogen-bond donors (Lipinski definition) is 0. The van der Waals surface area contributed by atoms with Gasteiger partial charge < -0.3 is 15.0 Å². The van der Waals surface area contributed by atoms with Gasteiger partial charge in [-0.25, -0.2) is 0 Å². The zero-order chi connectivity index (χ0) is 3.58. The monoisotopic (exact) mass is 154 g/mol. The SMILES string of the molecule is C.O=C([O-])[O-].[K+].[K+]. The Hall–Kier alpha value is 2.54. The summed E-state index contributed by atoms with van der Waals surface area (Å²) in [6.07, 6.45) is -2.33. The first-order valence-electron chi connectivity index (χ1n) is 0.612. The number of carboxylic acid groups (broad SMARTS) is 2. The quantitative estimate of drug-likeness (QED) is 0.326. The molecule has 0 saturated carbocycles. The fraction of sp³-hybridized carbons (Fsp3) is 0.500. The standard InChI is InChI=1S/CH2O3.CH4.2K/c2-1(3)4;;;/h(H2,2,3,4);1H4;;/q;;2*+1/p-2. The molecule has 7 heavy (non-hydrogen) atoms. The Labute approximate surface area is 128 Å². The summed E-state index contributed by atoms with van der Waals surface area (Å²) in [6, 6.07) is 0. The molecule has 0 spiro atoms. The minimum Gasteiger partial charge on any atom is -0.652 e. The van der Waals surface area contributed by atoms with Crippen molar-refractivity contribution < 1.29 is 118 Å². The summed E-state index contributed by atoms with van der Waals surface area (Å²) in [5.41, 5.74) is 0. The summed E-state index contributed by atoms with van der Waals surface area (Å²) >= 11 is 0. The Bertz CT molecular complexity index is 33.9. The second kappa shape index (κ2) is 15.8. The Kier molecular flexibility index (Phi) is 51.2. The first-order chi connectivity index (χ1) is 1.73. The van der Waals surface area contributed by atoms with Gasteiger partial charge >= 0.3 is 103 Å². The van der Waals surface area contributed by atoms with Gasteiger partial charge in [-0.3, -0.25) is 0 Å². The van der Waals surface area contributed by atoms with Crippen molar-refractivity contribution in [2.75, 3.05) is 0 Å². The molecule has 0 aromatic rings. The number of hydrogen-bond acceptors (Lipinski definition) is 3. The average molecular weight is 154 g/mol. The van der Waals surface area contributed by atoms with Gasteiger partial charge in [0.05, 0.1) is 0 Å². The Morgan fingerprint density at radius 2 is 1.14 bits per heavy atom. The van der Waals surface area contributed by atoms with E-state index < -0.39 is 6.16 Å². The zero-order valence-corrected chi connectivity index (χ0v) is 9.97. The van der Waals surface area contributed by atoms with Crippen LogP contribution in [0.4, 0.5) is 4.79 Å². The van der Waals surface area contributed by atoms with E-state index in [0.717, 1.165) is 0 Å². The van der Waals surface area contributed by atoms with Crippen molar-refractivity contribution in [2.45, 2.75) is 7.43 Å². The minimum atomic E-state index is -2.33. The van der Waals surface area contributed by atoms with E-state index in [1.54, 1.807) is 0 Å². The van der Waals surface area contributed by atoms with E-state index in [0.29, 0.717) is 0 Å². The van der Waals surface area contributed by atoms with Gasteiger partial charge in [0.1, 0.15) is 0 Å². The number of carbonyl (C=O) groups excluding carboxylic acids is 1. The van der Waals surface area contributed by atoms with E-state index in [1.807, 2.05) is 0 Å². The second-order valence-corrected chi connectivity index (χ2v) is 0.250. The number of carbonyl (C=O) groups is 1. The van der Waals surface area contributed by atoms with Crippen LogP contribution in [0.3, 0.4) is 0 Å². The first kappa shape index (κ1) is 22.7. The maximum absolute atomic E-state index is 8.33. The molecule has 3 nitrogen and oxygen atoms in total. The average Bonchev–Trinajstić information content (AvgIpc) is 0.811. The van der Waals surface area contributed by atoms with Gasteiger partial charge in [-0.15, -0.1) is 0 Å². The van der Waals surface area contributed by atoms with Crippen molar-refractivity contribution in [3.8, 4) is 0 Å². The van der Waals surface area contributed by atoms with Crippen LogP contribution in [0.1, 0.15) is 7.43 Å². The topological polar surface area (TPSA) is 63.2 Å². The minimum absolute atomic E-state index is 0. The van der Waals surface area contributed by atoms with Crippen molar-refractivity contribution in [3.63, 3.8) is 0 Å². The molecule has 0 aromatic heterocycles. The molecule has 0 radical (unpaired) electrons. The molecule has 0 atom stereocenters. The maximum atomic E-state index is 8.33. The molecule has 0 amide bonds. The largest absolute Gasteiger partial charge is 1.00 e. The summed E-state index contributed by atoms with van der Waals surface area (Å²) in [5, 5.41) is 16.7. The number of rotatable bonds is 0. The molecule has 0 aromatic carbocycles. The smallest absolute Gasteiger partial charge is 0.652 e. The van der Waals surface area contributed by atoms with Crippen LogP contribution in [-0.4, -0.2) is 6.16 Å². The normalized spacial score (nSPS) is 3.43. The van der Waals surface area contributed by atoms with E-state index in [-0.39, 0.29) is 110 Å². The second-order valence-electron chi connectivity index (χ2n) is 0.250. The molecule has 0 aliphatic carbocycles. The van der Waals surface area contributed by atoms with E-state index in [1.165, 1.54) is 0 Å². The van der Waals surface area contributed by atoms with Crippen molar-refractivity contribution in [1.82, 2.24) is 0 Å². The van der Waals surface area contributed by atoms with Gasteiger partial charge in [0.25, 0.3) is 0 Å². The van der Waals surface area contributed by atoms with Gasteiger partial charge in [0.15, 0.2) is 0 Å². The van der Waals surface area contributed by atoms with Crippen LogP contribution in [-0.2, 0) is 0 Å². The van der Waals surface area contributed by atoms with E-state index in [9.17, 15) is 0 Å². The van der Waals surface area contributed by atoms with Gasteiger partial charge in [-0.2, -0.15) is 0 Å². The van der Waals surface area contributed by atoms with E-state index in [4.69, 9.17) is 15.0 Å². The molecule has 0 N–H and O–H groups in total. The summed E-state index contributed by atoms with van der Waals surface area (Å²) in [5.74, 6) is 0. The molecule has 0 fully saturated rings. The fourth-order valence-electron chi connectivity index (χ4n) is 0. The third-order valence-electron chi connectivity index (χ3n) is 0. The van der Waals surface area contributed by atoms with Gasteiger partial charge in [-0.1, -0.05) is 7.43 Å². The third-order valence-corrected chi connectivity index (χ3v) is 0. The van der Waals surface area contributed by atoms with Gasteiger partial charge in [-0.05, 0) is 6.16 Å². The summed E-state index contributed by atoms with van der Waals surface area (Å²) in [7, 11) is 0. The maximum Gasteiger partial charge on any atom is 1.00 e. The predicted molar refractivity (Wildman–Crippen MR) is 12.1 cm³/mol. The van der Waals surface area contributed by atoms with Crippen LogP contribution in [0.15, 0.2) is 0 Å². The molecule has 0 heterocycles. The van der Waals surface area contributed by atoms with Crippen LogP contribution in [0.2, 0.25) is 0 Å². The van der Waals surface area contributed by atoms with E-state index in [2.05, 4.69) is 0 Å². The molecule has 0 bridgehead atoms. The van der Waals surface area contributed by atoms with Crippen LogP contribution in [0, 0.1) is 0 Å². The third kappa shape index (κ3) is 56.6. The van der Waals surface area contributed by atoms with Gasteiger partial charge in [0, 0.05) is 0 Å². The van der Waals surface area contributed by atoms with Crippen LogP contribution in [0.25, 0.3) is 0 Å². The van der Waals surface area contributed by atoms with Gasteiger partial charge in [0.2, 0.25) is 0 Å². The van der Waals surface area contributed by atoms with Crippen molar-refractivity contribution in [1.29, 1.82) is 0 Å². The molecule has 5 heteroatoms. The Morgan fingerprint density at radius 3 is 1.14 bits per heavy atom. The van der Waals surface area contributed by atoms with Crippen LogP contribution in [0.5, 0.6) is 0 Å². The molecular formula is C2H4K2O3. The first-order valence-corrected chi connectivity index (χ1v) is 0.612. The Balaban J connectivity index is -0.0000000150. The van der Waals surface area contributed by atoms with Crippen molar-refractivity contribution in [3.05, 3.63) is 0 Å². The predicted octanol–water partition coefficient (Wildman–Crippen LogP) is -7.80. The van der Waals surface area contributed by atoms with Crippen molar-refractivity contribution in [2.24, 2.45) is 0 Å². The van der Waals surface area contributed by atoms with Crippen LogP contribution >= 0.6 is 0 Å². The van der Waals surface area contributed by atoms with E-state index >= 15 is 0 Å². The molecule has 0 aliphatic rings. The summed E-state index contributed by atoms with van der Waals surface area (Å²) in [6.45, 7) is 0. The summed E-state index contributed by atoms with van der Waals surface area (Å²) in [4.78, 5) is 8.33. The molecule has 0 saturated heterocycles. The van der Waals surface area contributed by atoms with Crippen LogP contribution < -0.4 is 113 Å². The molecule has 32 valence electrons. The Morgan fingerprint density at radius 1 is 1.14 bits per heavy atom. The van der Waals surface area contributed by atoms with Crippen molar-refractivity contribution >= 4 is 6.16 Å². The molecular weight excluding hydrogens is 150 g/mol. The molecule has 0 unspecified atom stereocenters. The fourth-order valence-corrected chi connectivity index (χ4v) is 0. The molecule has 0 rings (SSSR count). The zero-order valence-electron chi connectivity index (χ0n) is 3.72. The summed E-state index contributed by atoms with van der Waals surface area (Å²) < 4.78 is 0. The molecule has 0 aliphatic heterocycles.